The summed E-state index contributed by atoms with van der Waals surface area (Å²) in [6.45, 7) is 1.39. The number of nitrogens with one attached hydrogen (secondary N) is 1. The summed E-state index contributed by atoms with van der Waals surface area (Å²) in [6, 6.07) is 1.98. The Bertz CT molecular complexity index is 535. The number of hydrogen-bond donors (Lipinski definition) is 1. The van der Waals surface area contributed by atoms with Gasteiger partial charge in [-0.25, -0.2) is 12.7 Å². The van der Waals surface area contributed by atoms with Gasteiger partial charge < -0.3 is 0 Å². The maximum absolute atomic E-state index is 12.8. The van der Waals surface area contributed by atoms with E-state index >= 15 is 0 Å². The highest BCUT2D eigenvalue weighted by Gasteiger charge is 2.35. The number of aromatic nitrogens is 2. The van der Waals surface area contributed by atoms with Crippen molar-refractivity contribution in [3.63, 3.8) is 0 Å². The van der Waals surface area contributed by atoms with Crippen LogP contribution in [0.25, 0.3) is 0 Å². The lowest BCUT2D eigenvalue weighted by Crippen LogP contribution is -2.45. The zero-order chi connectivity index (χ0) is 14.7. The Kier molecular flexibility index (Phi) is 4.64. The molecule has 1 aromatic rings. The first-order valence-electron chi connectivity index (χ1n) is 8.13. The van der Waals surface area contributed by atoms with Crippen LogP contribution in [0.3, 0.4) is 0 Å². The van der Waals surface area contributed by atoms with Gasteiger partial charge in [-0.2, -0.15) is 5.10 Å². The average molecular weight is 311 g/mol. The molecule has 1 aliphatic carbocycles. The summed E-state index contributed by atoms with van der Waals surface area (Å²) in [5.41, 5.74) is 1.11. The SMILES string of the molecule is O=S(=O)(C1CCCCC1)N1CCC[C@@H](Cc2ccn[nH]2)C1. The van der Waals surface area contributed by atoms with E-state index in [1.807, 2.05) is 6.07 Å². The Morgan fingerprint density at radius 2 is 2.00 bits per heavy atom. The van der Waals surface area contributed by atoms with E-state index in [0.29, 0.717) is 19.0 Å². The van der Waals surface area contributed by atoms with E-state index in [1.165, 1.54) is 6.42 Å². The van der Waals surface area contributed by atoms with E-state index in [0.717, 1.165) is 50.6 Å². The molecule has 0 amide bonds. The lowest BCUT2D eigenvalue weighted by molar-refractivity contribution is 0.259. The highest BCUT2D eigenvalue weighted by Crippen LogP contribution is 2.29. The van der Waals surface area contributed by atoms with Crippen molar-refractivity contribution in [3.05, 3.63) is 18.0 Å². The molecular weight excluding hydrogens is 286 g/mol. The van der Waals surface area contributed by atoms with E-state index < -0.39 is 10.0 Å². The molecule has 1 atom stereocenters. The highest BCUT2D eigenvalue weighted by molar-refractivity contribution is 7.89. The van der Waals surface area contributed by atoms with Crippen LogP contribution in [-0.4, -0.2) is 41.3 Å². The Labute approximate surface area is 127 Å². The van der Waals surface area contributed by atoms with Crippen molar-refractivity contribution in [2.24, 2.45) is 5.92 Å². The quantitative estimate of drug-likeness (QED) is 0.928. The van der Waals surface area contributed by atoms with Gasteiger partial charge in [0.05, 0.1) is 5.25 Å². The van der Waals surface area contributed by atoms with Crippen molar-refractivity contribution in [3.8, 4) is 0 Å². The summed E-state index contributed by atoms with van der Waals surface area (Å²) < 4.78 is 27.4. The van der Waals surface area contributed by atoms with Crippen LogP contribution in [-0.2, 0) is 16.4 Å². The first-order valence-corrected chi connectivity index (χ1v) is 9.64. The highest BCUT2D eigenvalue weighted by atomic mass is 32.2. The second kappa shape index (κ2) is 6.48. The lowest BCUT2D eigenvalue weighted by Gasteiger charge is -2.35. The van der Waals surface area contributed by atoms with Gasteiger partial charge in [0.15, 0.2) is 0 Å². The smallest absolute Gasteiger partial charge is 0.216 e. The number of nitrogens with zero attached hydrogens (tertiary/aromatic N) is 2. The number of piperidine rings is 1. The second-order valence-corrected chi connectivity index (χ2v) is 8.67. The fraction of sp³-hybridized carbons (Fsp3) is 0.800. The predicted octanol–water partition coefficient (Wildman–Crippen LogP) is 2.33. The zero-order valence-corrected chi connectivity index (χ0v) is 13.3. The van der Waals surface area contributed by atoms with Gasteiger partial charge in [-0.05, 0) is 44.1 Å². The van der Waals surface area contributed by atoms with Gasteiger partial charge in [0.2, 0.25) is 10.0 Å². The molecule has 2 aliphatic rings. The zero-order valence-electron chi connectivity index (χ0n) is 12.5. The van der Waals surface area contributed by atoms with Crippen LogP contribution in [0.4, 0.5) is 0 Å². The van der Waals surface area contributed by atoms with Crippen molar-refractivity contribution in [1.29, 1.82) is 0 Å². The molecule has 1 N–H and O–H groups in total. The van der Waals surface area contributed by atoms with Crippen molar-refractivity contribution >= 4 is 10.0 Å². The maximum atomic E-state index is 12.8. The third-order valence-electron chi connectivity index (χ3n) is 4.88. The van der Waals surface area contributed by atoms with Gasteiger partial charge in [0.25, 0.3) is 0 Å². The molecule has 0 spiro atoms. The molecule has 1 aliphatic heterocycles. The standard InChI is InChI=1S/C15H25N3O2S/c19-21(20,15-6-2-1-3-7-15)18-10-4-5-13(12-18)11-14-8-9-16-17-14/h8-9,13,15H,1-7,10-12H2,(H,16,17)/t13-/m0/s1. The minimum atomic E-state index is -3.09. The molecule has 6 heteroatoms. The summed E-state index contributed by atoms with van der Waals surface area (Å²) in [6.07, 6.45) is 9.76. The third-order valence-corrected chi connectivity index (χ3v) is 7.25. The van der Waals surface area contributed by atoms with E-state index in [-0.39, 0.29) is 5.25 Å². The third kappa shape index (κ3) is 3.48. The molecule has 1 saturated carbocycles. The van der Waals surface area contributed by atoms with Gasteiger partial charge in [-0.15, -0.1) is 0 Å². The average Bonchev–Trinajstić information content (AvgIpc) is 3.01. The molecule has 1 saturated heterocycles. The van der Waals surface area contributed by atoms with E-state index in [2.05, 4.69) is 10.2 Å². The molecular formula is C15H25N3O2S. The Morgan fingerprint density at radius 1 is 1.19 bits per heavy atom. The molecule has 2 heterocycles. The normalized spacial score (nSPS) is 26.0. The number of rotatable bonds is 4. The Morgan fingerprint density at radius 3 is 2.71 bits per heavy atom. The molecule has 0 bridgehead atoms. The van der Waals surface area contributed by atoms with Crippen LogP contribution in [0.5, 0.6) is 0 Å². The summed E-state index contributed by atoms with van der Waals surface area (Å²) in [5, 5.41) is 6.83. The van der Waals surface area contributed by atoms with Gasteiger partial charge in [0.1, 0.15) is 0 Å². The fourth-order valence-electron chi connectivity index (χ4n) is 3.71. The lowest BCUT2D eigenvalue weighted by atomic mass is 9.95. The molecule has 1 aromatic heterocycles. The molecule has 0 radical (unpaired) electrons. The van der Waals surface area contributed by atoms with Gasteiger partial charge >= 0.3 is 0 Å². The Balaban J connectivity index is 1.64. The predicted molar refractivity (Wildman–Crippen MR) is 82.4 cm³/mol. The van der Waals surface area contributed by atoms with Crippen molar-refractivity contribution in [1.82, 2.24) is 14.5 Å². The van der Waals surface area contributed by atoms with Crippen LogP contribution in [0.1, 0.15) is 50.6 Å². The Hall–Kier alpha value is -0.880. The van der Waals surface area contributed by atoms with Crippen molar-refractivity contribution in [2.45, 2.75) is 56.6 Å². The molecule has 0 unspecified atom stereocenters. The van der Waals surface area contributed by atoms with Crippen LogP contribution in [0, 0.1) is 5.92 Å². The largest absolute Gasteiger partial charge is 0.283 e. The molecule has 5 nitrogen and oxygen atoms in total. The molecule has 3 rings (SSSR count). The van der Waals surface area contributed by atoms with Gasteiger partial charge in [-0.1, -0.05) is 19.3 Å². The minimum Gasteiger partial charge on any atom is -0.283 e. The van der Waals surface area contributed by atoms with Gasteiger partial charge in [-0.3, -0.25) is 5.10 Å². The maximum Gasteiger partial charge on any atom is 0.216 e. The molecule has 21 heavy (non-hydrogen) atoms. The van der Waals surface area contributed by atoms with Gasteiger partial charge in [0, 0.05) is 25.0 Å². The fourth-order valence-corrected chi connectivity index (χ4v) is 5.86. The van der Waals surface area contributed by atoms with Crippen LogP contribution < -0.4 is 0 Å². The number of aromatic amines is 1. The summed E-state index contributed by atoms with van der Waals surface area (Å²) in [7, 11) is -3.09. The second-order valence-electron chi connectivity index (χ2n) is 6.46. The summed E-state index contributed by atoms with van der Waals surface area (Å²) >= 11 is 0. The molecule has 2 fully saturated rings. The number of hydrogen-bond acceptors (Lipinski definition) is 3. The van der Waals surface area contributed by atoms with Crippen molar-refractivity contribution in [2.75, 3.05) is 13.1 Å². The van der Waals surface area contributed by atoms with Crippen LogP contribution in [0.15, 0.2) is 12.3 Å². The first kappa shape index (κ1) is 15.0. The van der Waals surface area contributed by atoms with E-state index in [4.69, 9.17) is 0 Å². The number of H-pyrrole nitrogens is 1. The summed E-state index contributed by atoms with van der Waals surface area (Å²) in [5.74, 6) is 0.414. The first-order chi connectivity index (χ1) is 10.2. The topological polar surface area (TPSA) is 66.1 Å². The minimum absolute atomic E-state index is 0.128. The van der Waals surface area contributed by atoms with E-state index in [9.17, 15) is 8.42 Å². The molecule has 118 valence electrons. The van der Waals surface area contributed by atoms with Crippen molar-refractivity contribution < 1.29 is 8.42 Å². The van der Waals surface area contributed by atoms with Crippen LogP contribution in [0.2, 0.25) is 0 Å². The summed E-state index contributed by atoms with van der Waals surface area (Å²) in [4.78, 5) is 0. The monoisotopic (exact) mass is 311 g/mol. The molecule has 0 aromatic carbocycles. The number of sulfonamides is 1. The van der Waals surface area contributed by atoms with E-state index in [1.54, 1.807) is 10.5 Å². The van der Waals surface area contributed by atoms with Crippen LogP contribution >= 0.6 is 0 Å².